The highest BCUT2D eigenvalue weighted by molar-refractivity contribution is 6.00. The average Bonchev–Trinajstić information content (AvgIpc) is 3.97. The molecule has 2 aliphatic heterocycles. The number of likely N-dealkylation sites (N-methyl/N-ethyl adjacent to an activating group) is 2. The number of halogens is 6. The number of Topliss-reactive ketones (excluding diaryl/α,β-unsaturated/α-hetero) is 1. The van der Waals surface area contributed by atoms with Crippen LogP contribution in [0, 0.1) is 11.6 Å². The smallest absolute Gasteiger partial charge is 0.324 e. The van der Waals surface area contributed by atoms with E-state index in [0.29, 0.717) is 50.6 Å². The fourth-order valence-electron chi connectivity index (χ4n) is 8.39. The number of alkyl halides is 4. The van der Waals surface area contributed by atoms with Gasteiger partial charge in [0.2, 0.25) is 5.89 Å². The van der Waals surface area contributed by atoms with Gasteiger partial charge in [0.15, 0.2) is 5.78 Å². The van der Waals surface area contributed by atoms with Crippen molar-refractivity contribution in [2.24, 2.45) is 0 Å². The summed E-state index contributed by atoms with van der Waals surface area (Å²) in [4.78, 5) is 69.6. The summed E-state index contributed by atoms with van der Waals surface area (Å²) >= 11 is 0. The number of nitrogens with one attached hydrogen (secondary N) is 1. The topological polar surface area (TPSA) is 164 Å². The van der Waals surface area contributed by atoms with Crippen molar-refractivity contribution in [2.75, 3.05) is 82.8 Å². The average molecular weight is 1060 g/mol. The number of pyridine rings is 2. The van der Waals surface area contributed by atoms with Crippen LogP contribution < -0.4 is 15.1 Å². The van der Waals surface area contributed by atoms with E-state index in [1.165, 1.54) is 34.1 Å². The van der Waals surface area contributed by atoms with Gasteiger partial charge < -0.3 is 29.3 Å². The second-order valence-corrected chi connectivity index (χ2v) is 18.2. The van der Waals surface area contributed by atoms with E-state index in [-0.39, 0.29) is 53.3 Å². The lowest BCUT2D eigenvalue weighted by Gasteiger charge is -2.36. The molecule has 0 bridgehead atoms. The number of amides is 5. The van der Waals surface area contributed by atoms with Gasteiger partial charge in [0.25, 0.3) is 11.8 Å². The summed E-state index contributed by atoms with van der Waals surface area (Å²) in [5, 5.41) is 8.67. The molecule has 1 N–H and O–H groups in total. The predicted octanol–water partition coefficient (Wildman–Crippen LogP) is 9.08. The molecule has 0 spiro atoms. The number of piperazine rings is 2. The second kappa shape index (κ2) is 25.4. The Morgan fingerprint density at radius 1 is 0.584 bits per heavy atom. The Kier molecular flexibility index (Phi) is 18.0. The summed E-state index contributed by atoms with van der Waals surface area (Å²) in [5.41, 5.74) is 5.39. The molecule has 22 heteroatoms. The number of urea groups is 2. The molecule has 2 saturated heterocycles. The molecule has 3 aromatic heterocycles. The number of carbonyl (C=O) groups excluding carboxylic acids is 4. The van der Waals surface area contributed by atoms with Gasteiger partial charge in [-0.2, -0.15) is 17.6 Å². The highest BCUT2D eigenvalue weighted by Crippen LogP contribution is 2.30. The first kappa shape index (κ1) is 54.8. The van der Waals surface area contributed by atoms with Crippen LogP contribution in [-0.2, 0) is 17.9 Å². The number of hydrogen-bond donors (Lipinski definition) is 1. The molecule has 7 aromatic rings. The van der Waals surface area contributed by atoms with Gasteiger partial charge in [-0.15, -0.1) is 10.2 Å². The van der Waals surface area contributed by atoms with Gasteiger partial charge >= 0.3 is 24.9 Å². The maximum atomic E-state index is 15.2. The monoisotopic (exact) mass is 1060 g/mol. The summed E-state index contributed by atoms with van der Waals surface area (Å²) in [6.07, 6.45) is 0.704. The van der Waals surface area contributed by atoms with Gasteiger partial charge in [0, 0.05) is 111 Å². The van der Waals surface area contributed by atoms with E-state index in [4.69, 9.17) is 4.42 Å². The zero-order chi connectivity index (χ0) is 54.6. The number of nitrogens with zero attached hydrogens (tertiary/aromatic N) is 10. The third kappa shape index (κ3) is 14.1. The van der Waals surface area contributed by atoms with E-state index in [2.05, 4.69) is 30.0 Å². The van der Waals surface area contributed by atoms with Gasteiger partial charge in [0.05, 0.1) is 19.6 Å². The molecule has 9 rings (SSSR count). The second-order valence-electron chi connectivity index (χ2n) is 18.2. The standard InChI is InChI=1S/C28H28F3N5O3.C27H25F3N6O2/c1-34-11-13-35(14-12-34)28(39)36(23-8-6-19(7-9-23)21-3-2-10-32-16-21)18-22-5-4-20(15-24(22)29)25(37)17-33-27(38)26(30)31;1-34-11-13-35(14-12-34)27(37)36(22-8-6-18(7-9-22)20-3-2-10-31-16-20)17-21-5-4-19(15-23(21)28)25-32-33-26(38-25)24(29)30/h2-10,15-16,26H,11-14,17-18H2,1H3,(H,33,38);2-10,15-16,24H,11-14,17H2,1H3. The highest BCUT2D eigenvalue weighted by atomic mass is 19.3. The van der Waals surface area contributed by atoms with Crippen molar-refractivity contribution in [1.82, 2.24) is 45.1 Å². The van der Waals surface area contributed by atoms with Crippen molar-refractivity contribution < 1.29 is 49.9 Å². The first-order valence-corrected chi connectivity index (χ1v) is 24.4. The van der Waals surface area contributed by atoms with Gasteiger partial charge in [-0.1, -0.05) is 54.6 Å². The van der Waals surface area contributed by atoms with E-state index < -0.39 is 48.6 Å². The largest absolute Gasteiger partial charge is 0.415 e. The number of carbonyl (C=O) groups is 4. The Morgan fingerprint density at radius 2 is 1.05 bits per heavy atom. The van der Waals surface area contributed by atoms with Crippen molar-refractivity contribution >= 4 is 35.1 Å². The third-order valence-corrected chi connectivity index (χ3v) is 12.9. The number of ketones is 1. The predicted molar refractivity (Wildman–Crippen MR) is 275 cm³/mol. The lowest BCUT2D eigenvalue weighted by atomic mass is 10.1. The Bertz CT molecular complexity index is 3120. The maximum Gasteiger partial charge on any atom is 0.324 e. The molecule has 16 nitrogen and oxygen atoms in total. The van der Waals surface area contributed by atoms with Crippen molar-refractivity contribution in [3.63, 3.8) is 0 Å². The lowest BCUT2D eigenvalue weighted by molar-refractivity contribution is -0.131. The molecule has 5 heterocycles. The van der Waals surface area contributed by atoms with Crippen LogP contribution in [0.4, 0.5) is 47.3 Å². The lowest BCUT2D eigenvalue weighted by Crippen LogP contribution is -2.52. The van der Waals surface area contributed by atoms with Crippen LogP contribution in [0.3, 0.4) is 0 Å². The third-order valence-electron chi connectivity index (χ3n) is 12.9. The summed E-state index contributed by atoms with van der Waals surface area (Å²) < 4.78 is 85.6. The van der Waals surface area contributed by atoms with E-state index in [1.54, 1.807) is 46.7 Å². The Labute approximate surface area is 439 Å². The molecule has 0 radical (unpaired) electrons. The van der Waals surface area contributed by atoms with Crippen LogP contribution in [0.15, 0.2) is 138 Å². The number of anilines is 2. The molecule has 0 aliphatic carbocycles. The van der Waals surface area contributed by atoms with E-state index in [0.717, 1.165) is 47.5 Å². The van der Waals surface area contributed by atoms with Gasteiger partial charge in [0.1, 0.15) is 11.6 Å². The molecule has 0 unspecified atom stereocenters. The van der Waals surface area contributed by atoms with E-state index >= 15 is 8.78 Å². The molecule has 0 saturated carbocycles. The Balaban J connectivity index is 0.000000204. The van der Waals surface area contributed by atoms with Crippen LogP contribution in [-0.4, -0.2) is 143 Å². The SMILES string of the molecule is CN1CCN(C(=O)N(Cc2ccc(-c3nnc(C(F)F)o3)cc2F)c2ccc(-c3cccnc3)cc2)CC1.CN1CCN(C(=O)N(Cc2ccc(C(=O)CNC(=O)C(F)F)cc2F)c2ccc(-c3cccnc3)cc2)CC1. The molecule has 2 fully saturated rings. The Morgan fingerprint density at radius 3 is 1.47 bits per heavy atom. The summed E-state index contributed by atoms with van der Waals surface area (Å²) in [6.45, 7) is 4.28. The molecular weight excluding hydrogens is 1010 g/mol. The van der Waals surface area contributed by atoms with Crippen molar-refractivity contribution in [1.29, 1.82) is 0 Å². The van der Waals surface area contributed by atoms with E-state index in [9.17, 15) is 36.7 Å². The Hall–Kier alpha value is -8.50. The zero-order valence-electron chi connectivity index (χ0n) is 41.9. The summed E-state index contributed by atoms with van der Waals surface area (Å²) in [5.74, 6) is -4.68. The maximum absolute atomic E-state index is 15.2. The minimum Gasteiger partial charge on any atom is -0.415 e. The highest BCUT2D eigenvalue weighted by Gasteiger charge is 2.29. The minimum absolute atomic E-state index is 0.0321. The first-order valence-electron chi connectivity index (χ1n) is 24.4. The van der Waals surface area contributed by atoms with Crippen molar-refractivity contribution in [3.8, 4) is 33.7 Å². The van der Waals surface area contributed by atoms with Crippen LogP contribution in [0.2, 0.25) is 0 Å². The normalized spacial score (nSPS) is 14.0. The first-order chi connectivity index (χ1) is 37.1. The van der Waals surface area contributed by atoms with Crippen molar-refractivity contribution in [3.05, 3.63) is 168 Å². The minimum atomic E-state index is -3.25. The van der Waals surface area contributed by atoms with Gasteiger partial charge in [-0.25, -0.2) is 18.4 Å². The number of benzene rings is 4. The quantitative estimate of drug-likeness (QED) is 0.0816. The van der Waals surface area contributed by atoms with Crippen LogP contribution in [0.5, 0.6) is 0 Å². The van der Waals surface area contributed by atoms with E-state index in [1.807, 2.05) is 80.1 Å². The number of hydrogen-bond acceptors (Lipinski definition) is 11. The molecule has 5 amide bonds. The molecule has 4 aromatic carbocycles. The van der Waals surface area contributed by atoms with Gasteiger partial charge in [-0.3, -0.25) is 29.4 Å². The number of rotatable bonds is 14. The van der Waals surface area contributed by atoms with Crippen molar-refractivity contribution in [2.45, 2.75) is 25.9 Å². The molecule has 77 heavy (non-hydrogen) atoms. The molecule has 400 valence electrons. The van der Waals surface area contributed by atoms with Crippen LogP contribution in [0.25, 0.3) is 33.7 Å². The fraction of sp³-hybridized carbons (Fsp3) is 0.273. The van der Waals surface area contributed by atoms with Gasteiger partial charge in [-0.05, 0) is 90.9 Å². The summed E-state index contributed by atoms with van der Waals surface area (Å²) in [7, 11) is 3.98. The summed E-state index contributed by atoms with van der Waals surface area (Å²) in [6, 6.07) is 29.6. The number of aromatic nitrogens is 4. The molecule has 2 aliphatic rings. The zero-order valence-corrected chi connectivity index (χ0v) is 41.9. The molecular formula is C55H53F6N11O5. The van der Waals surface area contributed by atoms with Crippen LogP contribution >= 0.6 is 0 Å². The van der Waals surface area contributed by atoms with Crippen LogP contribution in [0.1, 0.15) is 33.8 Å². The fourth-order valence-corrected chi connectivity index (χ4v) is 8.39. The molecule has 0 atom stereocenters.